The highest BCUT2D eigenvalue weighted by molar-refractivity contribution is 5.80. The summed E-state index contributed by atoms with van der Waals surface area (Å²) < 4.78 is 0. The lowest BCUT2D eigenvalue weighted by molar-refractivity contribution is -0.119. The summed E-state index contributed by atoms with van der Waals surface area (Å²) in [5.41, 5.74) is 2.15. The van der Waals surface area contributed by atoms with Gasteiger partial charge in [-0.1, -0.05) is 38.5 Å². The summed E-state index contributed by atoms with van der Waals surface area (Å²) in [7, 11) is 1.67. The molecule has 0 heterocycles. The zero-order valence-electron chi connectivity index (χ0n) is 11.6. The maximum absolute atomic E-state index is 11.5. The third-order valence-electron chi connectivity index (χ3n) is 3.14. The van der Waals surface area contributed by atoms with Gasteiger partial charge in [0.1, 0.15) is 0 Å². The Morgan fingerprint density at radius 1 is 1.28 bits per heavy atom. The summed E-state index contributed by atoms with van der Waals surface area (Å²) in [6, 6.07) is 8.53. The predicted molar refractivity (Wildman–Crippen MR) is 76.8 cm³/mol. The van der Waals surface area contributed by atoms with Crippen molar-refractivity contribution in [2.75, 3.05) is 12.4 Å². The number of nitrogens with one attached hydrogen (secondary N) is 2. The van der Waals surface area contributed by atoms with Crippen molar-refractivity contribution >= 4 is 11.6 Å². The Balaban J connectivity index is 2.77. The van der Waals surface area contributed by atoms with E-state index in [1.807, 2.05) is 18.2 Å². The fraction of sp³-hybridized carbons (Fsp3) is 0.533. The molecule has 0 spiro atoms. The first-order valence-corrected chi connectivity index (χ1v) is 6.76. The van der Waals surface area contributed by atoms with Crippen LogP contribution in [0.25, 0.3) is 0 Å². The number of likely N-dealkylation sites (N-methyl/N-ethyl adjacent to an activating group) is 1. The van der Waals surface area contributed by atoms with Gasteiger partial charge in [0.05, 0.1) is 6.42 Å². The van der Waals surface area contributed by atoms with Gasteiger partial charge in [-0.05, 0) is 24.5 Å². The van der Waals surface area contributed by atoms with E-state index in [9.17, 15) is 4.79 Å². The molecule has 3 nitrogen and oxygen atoms in total. The van der Waals surface area contributed by atoms with Crippen molar-refractivity contribution < 1.29 is 4.79 Å². The van der Waals surface area contributed by atoms with Gasteiger partial charge in [-0.3, -0.25) is 4.79 Å². The molecular formula is C15H24N2O. The number of hydrogen-bond donors (Lipinski definition) is 2. The average molecular weight is 248 g/mol. The van der Waals surface area contributed by atoms with E-state index in [4.69, 9.17) is 0 Å². The summed E-state index contributed by atoms with van der Waals surface area (Å²) in [4.78, 5) is 11.5. The van der Waals surface area contributed by atoms with Crippen molar-refractivity contribution in [2.45, 2.75) is 45.6 Å². The van der Waals surface area contributed by atoms with E-state index in [1.165, 1.54) is 6.42 Å². The zero-order valence-corrected chi connectivity index (χ0v) is 11.6. The maximum atomic E-state index is 11.5. The van der Waals surface area contributed by atoms with Crippen LogP contribution in [0.15, 0.2) is 24.3 Å². The molecule has 1 amide bonds. The molecule has 0 saturated heterocycles. The second-order valence-electron chi connectivity index (χ2n) is 4.55. The predicted octanol–water partition coefficient (Wildman–Crippen LogP) is 2.97. The average Bonchev–Trinajstić information content (AvgIpc) is 2.40. The van der Waals surface area contributed by atoms with Crippen LogP contribution in [0.2, 0.25) is 0 Å². The maximum Gasteiger partial charge on any atom is 0.224 e. The Kier molecular flexibility index (Phi) is 6.26. The van der Waals surface area contributed by atoms with Crippen LogP contribution in [0.1, 0.15) is 38.7 Å². The SMILES string of the molecule is CCCC(CC)Nc1ccccc1CC(=O)NC. The fourth-order valence-electron chi connectivity index (χ4n) is 2.02. The first-order chi connectivity index (χ1) is 8.71. The number of hydrogen-bond acceptors (Lipinski definition) is 2. The number of rotatable bonds is 7. The molecule has 0 aliphatic heterocycles. The third kappa shape index (κ3) is 4.40. The van der Waals surface area contributed by atoms with Gasteiger partial charge in [-0.2, -0.15) is 0 Å². The minimum atomic E-state index is 0.0489. The number of benzene rings is 1. The van der Waals surface area contributed by atoms with Crippen LogP contribution in [-0.4, -0.2) is 19.0 Å². The van der Waals surface area contributed by atoms with Crippen molar-refractivity contribution in [3.8, 4) is 0 Å². The van der Waals surface area contributed by atoms with E-state index in [0.29, 0.717) is 12.5 Å². The topological polar surface area (TPSA) is 41.1 Å². The molecule has 3 heteroatoms. The van der Waals surface area contributed by atoms with E-state index in [2.05, 4.69) is 30.5 Å². The van der Waals surface area contributed by atoms with Gasteiger partial charge in [-0.25, -0.2) is 0 Å². The van der Waals surface area contributed by atoms with Gasteiger partial charge in [-0.15, -0.1) is 0 Å². The lowest BCUT2D eigenvalue weighted by Gasteiger charge is -2.19. The molecule has 1 aromatic rings. The van der Waals surface area contributed by atoms with E-state index in [0.717, 1.165) is 24.1 Å². The normalized spacial score (nSPS) is 11.9. The van der Waals surface area contributed by atoms with Crippen LogP contribution in [0.4, 0.5) is 5.69 Å². The van der Waals surface area contributed by atoms with Crippen LogP contribution >= 0.6 is 0 Å². The van der Waals surface area contributed by atoms with Gasteiger partial charge in [0, 0.05) is 18.8 Å². The van der Waals surface area contributed by atoms with Crippen LogP contribution < -0.4 is 10.6 Å². The Hall–Kier alpha value is -1.51. The van der Waals surface area contributed by atoms with E-state index in [1.54, 1.807) is 7.05 Å². The first-order valence-electron chi connectivity index (χ1n) is 6.76. The molecule has 1 rings (SSSR count). The van der Waals surface area contributed by atoms with Gasteiger partial charge in [0.15, 0.2) is 0 Å². The summed E-state index contributed by atoms with van der Waals surface area (Å²) >= 11 is 0. The summed E-state index contributed by atoms with van der Waals surface area (Å²) in [5, 5.41) is 6.21. The Bertz CT molecular complexity index is 377. The van der Waals surface area contributed by atoms with Crippen molar-refractivity contribution in [3.05, 3.63) is 29.8 Å². The Morgan fingerprint density at radius 2 is 2.00 bits per heavy atom. The van der Waals surface area contributed by atoms with E-state index in [-0.39, 0.29) is 5.91 Å². The summed E-state index contributed by atoms with van der Waals surface area (Å²) in [6.07, 6.45) is 3.86. The number of amides is 1. The molecule has 0 radical (unpaired) electrons. The number of carbonyl (C=O) groups is 1. The third-order valence-corrected chi connectivity index (χ3v) is 3.14. The molecule has 0 fully saturated rings. The number of para-hydroxylation sites is 1. The standard InChI is InChI=1S/C15H24N2O/c1-4-8-13(5-2)17-14-10-7-6-9-12(14)11-15(18)16-3/h6-7,9-10,13,17H,4-5,8,11H2,1-3H3,(H,16,18). The highest BCUT2D eigenvalue weighted by Crippen LogP contribution is 2.19. The van der Waals surface area contributed by atoms with E-state index >= 15 is 0 Å². The fourth-order valence-corrected chi connectivity index (χ4v) is 2.02. The smallest absolute Gasteiger partial charge is 0.224 e. The quantitative estimate of drug-likeness (QED) is 0.779. The van der Waals surface area contributed by atoms with Crippen molar-refractivity contribution in [1.82, 2.24) is 5.32 Å². The van der Waals surface area contributed by atoms with E-state index < -0.39 is 0 Å². The molecule has 1 atom stereocenters. The second kappa shape index (κ2) is 7.75. The summed E-state index contributed by atoms with van der Waals surface area (Å²) in [6.45, 7) is 4.38. The van der Waals surface area contributed by atoms with Crippen molar-refractivity contribution in [1.29, 1.82) is 0 Å². The molecule has 18 heavy (non-hydrogen) atoms. The van der Waals surface area contributed by atoms with Crippen LogP contribution in [-0.2, 0) is 11.2 Å². The molecule has 0 aliphatic carbocycles. The van der Waals surface area contributed by atoms with Gasteiger partial charge in [0.2, 0.25) is 5.91 Å². The summed E-state index contributed by atoms with van der Waals surface area (Å²) in [5.74, 6) is 0.0489. The minimum absolute atomic E-state index is 0.0489. The molecule has 1 aromatic carbocycles. The minimum Gasteiger partial charge on any atom is -0.382 e. The number of carbonyl (C=O) groups excluding carboxylic acids is 1. The molecule has 0 aromatic heterocycles. The molecular weight excluding hydrogens is 224 g/mol. The first kappa shape index (κ1) is 14.6. The van der Waals surface area contributed by atoms with Crippen LogP contribution in [0.5, 0.6) is 0 Å². The van der Waals surface area contributed by atoms with Gasteiger partial charge in [0.25, 0.3) is 0 Å². The lowest BCUT2D eigenvalue weighted by atomic mass is 10.1. The monoisotopic (exact) mass is 248 g/mol. The molecule has 0 bridgehead atoms. The lowest BCUT2D eigenvalue weighted by Crippen LogP contribution is -2.22. The Labute approximate surface area is 110 Å². The molecule has 100 valence electrons. The molecule has 0 saturated carbocycles. The second-order valence-corrected chi connectivity index (χ2v) is 4.55. The molecule has 1 unspecified atom stereocenters. The van der Waals surface area contributed by atoms with Gasteiger partial charge < -0.3 is 10.6 Å². The largest absolute Gasteiger partial charge is 0.382 e. The zero-order chi connectivity index (χ0) is 13.4. The van der Waals surface area contributed by atoms with Crippen molar-refractivity contribution in [2.24, 2.45) is 0 Å². The number of anilines is 1. The highest BCUT2D eigenvalue weighted by atomic mass is 16.1. The molecule has 2 N–H and O–H groups in total. The van der Waals surface area contributed by atoms with Crippen molar-refractivity contribution in [3.63, 3.8) is 0 Å². The Morgan fingerprint density at radius 3 is 2.61 bits per heavy atom. The molecule has 0 aliphatic rings. The van der Waals surface area contributed by atoms with Gasteiger partial charge >= 0.3 is 0 Å². The van der Waals surface area contributed by atoms with Crippen LogP contribution in [0.3, 0.4) is 0 Å². The highest BCUT2D eigenvalue weighted by Gasteiger charge is 2.10. The van der Waals surface area contributed by atoms with Crippen LogP contribution in [0, 0.1) is 0 Å².